The Labute approximate surface area is 231 Å². The summed E-state index contributed by atoms with van der Waals surface area (Å²) in [4.78, 5) is 28.4. The van der Waals surface area contributed by atoms with E-state index in [0.29, 0.717) is 16.3 Å². The van der Waals surface area contributed by atoms with Gasteiger partial charge in [-0.05, 0) is 47.9 Å². The van der Waals surface area contributed by atoms with Crippen molar-refractivity contribution < 1.29 is 18.0 Å². The molecule has 1 atom stereocenters. The average Bonchev–Trinajstić information content (AvgIpc) is 2.86. The van der Waals surface area contributed by atoms with Crippen molar-refractivity contribution in [2.24, 2.45) is 0 Å². The molecule has 0 aliphatic carbocycles. The molecule has 2 amide bonds. The maximum atomic E-state index is 13.9. The van der Waals surface area contributed by atoms with Crippen LogP contribution in [-0.4, -0.2) is 51.0 Å². The fourth-order valence-corrected chi connectivity index (χ4v) is 5.28. The molecule has 0 heterocycles. The number of hydrogen-bond acceptors (Lipinski definition) is 4. The first-order chi connectivity index (χ1) is 17.5. The molecule has 10 heteroatoms. The van der Waals surface area contributed by atoms with Gasteiger partial charge in [-0.1, -0.05) is 76.1 Å². The third-order valence-corrected chi connectivity index (χ3v) is 7.79. The molecule has 3 aromatic carbocycles. The van der Waals surface area contributed by atoms with Crippen molar-refractivity contribution >= 4 is 55.1 Å². The topological polar surface area (TPSA) is 86.8 Å². The van der Waals surface area contributed by atoms with E-state index < -0.39 is 28.5 Å². The molecule has 0 saturated carbocycles. The number of carbonyl (C=O) groups excluding carboxylic acids is 2. The molecule has 37 heavy (non-hydrogen) atoms. The minimum Gasteiger partial charge on any atom is -0.357 e. The molecule has 7 nitrogen and oxygen atoms in total. The lowest BCUT2D eigenvalue weighted by Crippen LogP contribution is -2.53. The number of rotatable bonds is 10. The number of likely N-dealkylation sites (N-methyl/N-ethyl adjacent to an activating group) is 1. The molecule has 196 valence electrons. The van der Waals surface area contributed by atoms with Crippen molar-refractivity contribution in [3.05, 3.63) is 99.0 Å². The Morgan fingerprint density at radius 2 is 1.65 bits per heavy atom. The van der Waals surface area contributed by atoms with Gasteiger partial charge in [0.25, 0.3) is 0 Å². The second-order valence-electron chi connectivity index (χ2n) is 8.67. The second-order valence-corrected chi connectivity index (χ2v) is 11.9. The lowest BCUT2D eigenvalue weighted by molar-refractivity contribution is -0.139. The summed E-state index contributed by atoms with van der Waals surface area (Å²) in [7, 11) is -2.34. The van der Waals surface area contributed by atoms with E-state index in [4.69, 9.17) is 11.6 Å². The van der Waals surface area contributed by atoms with Crippen LogP contribution in [0.25, 0.3) is 0 Å². The molecule has 0 saturated heterocycles. The van der Waals surface area contributed by atoms with Gasteiger partial charge in [-0.2, -0.15) is 0 Å². The number of aryl methyl sites for hydroxylation is 1. The molecule has 0 aliphatic rings. The third-order valence-electron chi connectivity index (χ3n) is 5.90. The van der Waals surface area contributed by atoms with Crippen LogP contribution in [-0.2, 0) is 32.6 Å². The lowest BCUT2D eigenvalue weighted by Gasteiger charge is -2.33. The molecular weight excluding hydrogens is 578 g/mol. The smallest absolute Gasteiger partial charge is 0.244 e. The first-order valence-electron chi connectivity index (χ1n) is 11.5. The Hall–Kier alpha value is -2.88. The van der Waals surface area contributed by atoms with Gasteiger partial charge in [-0.15, -0.1) is 0 Å². The Morgan fingerprint density at radius 1 is 1.00 bits per heavy atom. The van der Waals surface area contributed by atoms with Gasteiger partial charge in [0.15, 0.2) is 0 Å². The fourth-order valence-electron chi connectivity index (χ4n) is 3.95. The van der Waals surface area contributed by atoms with Gasteiger partial charge < -0.3 is 10.2 Å². The van der Waals surface area contributed by atoms with E-state index >= 15 is 0 Å². The van der Waals surface area contributed by atoms with Crippen LogP contribution in [0.2, 0.25) is 5.02 Å². The minimum atomic E-state index is -3.85. The van der Waals surface area contributed by atoms with Crippen LogP contribution in [0.4, 0.5) is 5.69 Å². The van der Waals surface area contributed by atoms with Gasteiger partial charge in [0.05, 0.1) is 11.9 Å². The Bertz CT molecular complexity index is 1350. The predicted octanol–water partition coefficient (Wildman–Crippen LogP) is 4.56. The second kappa shape index (κ2) is 12.6. The molecule has 1 N–H and O–H groups in total. The molecule has 3 aromatic rings. The van der Waals surface area contributed by atoms with Crippen LogP contribution in [0, 0.1) is 6.92 Å². The zero-order chi connectivity index (χ0) is 27.2. The van der Waals surface area contributed by atoms with Crippen LogP contribution in [0.15, 0.2) is 77.3 Å². The largest absolute Gasteiger partial charge is 0.357 e. The van der Waals surface area contributed by atoms with Gasteiger partial charge in [-0.3, -0.25) is 13.9 Å². The van der Waals surface area contributed by atoms with E-state index in [2.05, 4.69) is 21.2 Å². The number of anilines is 1. The Balaban J connectivity index is 2.04. The van der Waals surface area contributed by atoms with E-state index in [9.17, 15) is 18.0 Å². The molecule has 0 aliphatic heterocycles. The Kier molecular flexibility index (Phi) is 9.75. The zero-order valence-corrected chi connectivity index (χ0v) is 24.0. The number of nitrogens with one attached hydrogen (secondary N) is 1. The summed E-state index contributed by atoms with van der Waals surface area (Å²) in [6, 6.07) is 20.8. The highest BCUT2D eigenvalue weighted by atomic mass is 79.9. The van der Waals surface area contributed by atoms with Gasteiger partial charge in [-0.25, -0.2) is 8.42 Å². The number of carbonyl (C=O) groups is 2. The normalized spacial score (nSPS) is 12.0. The van der Waals surface area contributed by atoms with Crippen LogP contribution in [0.3, 0.4) is 0 Å². The minimum absolute atomic E-state index is 0.114. The third kappa shape index (κ3) is 7.80. The summed E-state index contributed by atoms with van der Waals surface area (Å²) >= 11 is 9.57. The highest BCUT2D eigenvalue weighted by molar-refractivity contribution is 9.10. The predicted molar refractivity (Wildman–Crippen MR) is 151 cm³/mol. The highest BCUT2D eigenvalue weighted by Gasteiger charge is 2.33. The van der Waals surface area contributed by atoms with Crippen molar-refractivity contribution in [1.82, 2.24) is 10.2 Å². The van der Waals surface area contributed by atoms with Gasteiger partial charge in [0.1, 0.15) is 12.6 Å². The summed E-state index contributed by atoms with van der Waals surface area (Å²) in [6.45, 7) is 1.37. The van der Waals surface area contributed by atoms with Crippen molar-refractivity contribution in [2.75, 3.05) is 24.2 Å². The quantitative estimate of drug-likeness (QED) is 0.367. The number of benzene rings is 3. The number of amides is 2. The standard InChI is InChI=1S/C27H29BrClN3O4S/c1-19-9-14-23(29)16-24(19)32(37(3,35)36)18-26(33)31(17-21-10-12-22(28)13-11-21)25(27(34)30-2)15-20-7-5-4-6-8-20/h4-14,16,25H,15,17-18H2,1-3H3,(H,30,34)/t25-/m1/s1. The Morgan fingerprint density at radius 3 is 2.24 bits per heavy atom. The highest BCUT2D eigenvalue weighted by Crippen LogP contribution is 2.27. The maximum absolute atomic E-state index is 13.9. The van der Waals surface area contributed by atoms with Crippen molar-refractivity contribution in [1.29, 1.82) is 0 Å². The SMILES string of the molecule is CNC(=O)[C@@H](Cc1ccccc1)N(Cc1ccc(Br)cc1)C(=O)CN(c1cc(Cl)ccc1C)S(C)(=O)=O. The first kappa shape index (κ1) is 28.7. The van der Waals surface area contributed by atoms with Crippen LogP contribution >= 0.6 is 27.5 Å². The molecule has 0 bridgehead atoms. The van der Waals surface area contributed by atoms with Crippen molar-refractivity contribution in [3.63, 3.8) is 0 Å². The molecule has 0 fully saturated rings. The molecular formula is C27H29BrClN3O4S. The molecule has 0 radical (unpaired) electrons. The molecule has 0 unspecified atom stereocenters. The van der Waals surface area contributed by atoms with Crippen molar-refractivity contribution in [2.45, 2.75) is 25.9 Å². The van der Waals surface area contributed by atoms with Crippen molar-refractivity contribution in [3.8, 4) is 0 Å². The van der Waals surface area contributed by atoms with Gasteiger partial charge in [0, 0.05) is 29.5 Å². The summed E-state index contributed by atoms with van der Waals surface area (Å²) in [5.41, 5.74) is 2.62. The van der Waals surface area contributed by atoms with Crippen LogP contribution in [0.1, 0.15) is 16.7 Å². The van der Waals surface area contributed by atoms with E-state index in [1.165, 1.54) is 18.0 Å². The number of sulfonamides is 1. The van der Waals surface area contributed by atoms with E-state index in [0.717, 1.165) is 26.2 Å². The summed E-state index contributed by atoms with van der Waals surface area (Å²) in [5, 5.41) is 3.01. The average molecular weight is 607 g/mol. The molecule has 0 spiro atoms. The summed E-state index contributed by atoms with van der Waals surface area (Å²) in [5.74, 6) is -0.864. The maximum Gasteiger partial charge on any atom is 0.244 e. The number of nitrogens with zero attached hydrogens (tertiary/aromatic N) is 2. The molecule has 3 rings (SSSR count). The number of halogens is 2. The lowest BCUT2D eigenvalue weighted by atomic mass is 10.0. The van der Waals surface area contributed by atoms with Crippen LogP contribution < -0.4 is 9.62 Å². The monoisotopic (exact) mass is 605 g/mol. The van der Waals surface area contributed by atoms with Gasteiger partial charge >= 0.3 is 0 Å². The fraction of sp³-hybridized carbons (Fsp3) is 0.259. The van der Waals surface area contributed by atoms with E-state index in [1.54, 1.807) is 19.1 Å². The van der Waals surface area contributed by atoms with E-state index in [1.807, 2.05) is 54.6 Å². The summed E-state index contributed by atoms with van der Waals surface area (Å²) in [6.07, 6.45) is 1.30. The summed E-state index contributed by atoms with van der Waals surface area (Å²) < 4.78 is 27.6. The number of hydrogen-bond donors (Lipinski definition) is 1. The van der Waals surface area contributed by atoms with E-state index in [-0.39, 0.29) is 18.9 Å². The van der Waals surface area contributed by atoms with Crippen LogP contribution in [0.5, 0.6) is 0 Å². The molecule has 0 aromatic heterocycles. The zero-order valence-electron chi connectivity index (χ0n) is 20.8. The van der Waals surface area contributed by atoms with Gasteiger partial charge in [0.2, 0.25) is 21.8 Å². The first-order valence-corrected chi connectivity index (χ1v) is 14.5.